The van der Waals surface area contributed by atoms with E-state index in [9.17, 15) is 0 Å². The molecular formula is C20H24N6O. The van der Waals surface area contributed by atoms with Gasteiger partial charge >= 0.3 is 0 Å². The lowest BCUT2D eigenvalue weighted by Gasteiger charge is -2.39. The number of pyridine rings is 1. The van der Waals surface area contributed by atoms with Crippen LogP contribution in [0.3, 0.4) is 0 Å². The zero-order valence-corrected chi connectivity index (χ0v) is 16.1. The maximum atomic E-state index is 9.00. The van der Waals surface area contributed by atoms with Crippen molar-refractivity contribution < 1.29 is 4.74 Å². The standard InChI is InChI=1S/C20H24N6O/c1-14-8-16(10-21)23-24-19(14)25-5-4-18-15(12-25)9-17(11-22-18)26-6-7-27-20(2,3)13-26/h8-9,11H,4-7,12-13H2,1-3H3. The lowest BCUT2D eigenvalue weighted by Crippen LogP contribution is -2.48. The van der Waals surface area contributed by atoms with Crippen LogP contribution in [0.2, 0.25) is 0 Å². The van der Waals surface area contributed by atoms with Crippen molar-refractivity contribution in [3.05, 3.63) is 40.8 Å². The second kappa shape index (κ2) is 6.78. The second-order valence-corrected chi connectivity index (χ2v) is 7.85. The molecule has 0 spiro atoms. The van der Waals surface area contributed by atoms with Crippen LogP contribution in [0.5, 0.6) is 0 Å². The van der Waals surface area contributed by atoms with Crippen molar-refractivity contribution >= 4 is 11.5 Å². The van der Waals surface area contributed by atoms with Crippen LogP contribution in [0.4, 0.5) is 11.5 Å². The maximum absolute atomic E-state index is 9.00. The van der Waals surface area contributed by atoms with Gasteiger partial charge in [-0.2, -0.15) is 5.26 Å². The minimum absolute atomic E-state index is 0.143. The fourth-order valence-corrected chi connectivity index (χ4v) is 3.85. The molecule has 2 aromatic rings. The molecule has 2 aromatic heterocycles. The lowest BCUT2D eigenvalue weighted by atomic mass is 10.0. The molecule has 140 valence electrons. The normalized spacial score (nSPS) is 18.7. The molecule has 0 aliphatic carbocycles. The highest BCUT2D eigenvalue weighted by molar-refractivity contribution is 5.53. The van der Waals surface area contributed by atoms with E-state index in [0.717, 1.165) is 62.0 Å². The van der Waals surface area contributed by atoms with Gasteiger partial charge in [0.25, 0.3) is 0 Å². The van der Waals surface area contributed by atoms with E-state index in [1.165, 1.54) is 5.56 Å². The SMILES string of the molecule is Cc1cc(C#N)nnc1N1CCc2ncc(N3CCOC(C)(C)C3)cc2C1. The summed E-state index contributed by atoms with van der Waals surface area (Å²) in [4.78, 5) is 9.30. The molecule has 0 N–H and O–H groups in total. The highest BCUT2D eigenvalue weighted by atomic mass is 16.5. The van der Waals surface area contributed by atoms with Gasteiger partial charge in [-0.05, 0) is 44.0 Å². The number of ether oxygens (including phenoxy) is 1. The number of nitrogens with zero attached hydrogens (tertiary/aromatic N) is 6. The molecule has 2 aliphatic heterocycles. The van der Waals surface area contributed by atoms with Crippen LogP contribution in [-0.2, 0) is 17.7 Å². The van der Waals surface area contributed by atoms with Gasteiger partial charge in [0.2, 0.25) is 0 Å². The Bertz CT molecular complexity index is 904. The molecule has 0 saturated carbocycles. The number of hydrogen-bond acceptors (Lipinski definition) is 7. The Morgan fingerprint density at radius 3 is 2.78 bits per heavy atom. The van der Waals surface area contributed by atoms with Crippen molar-refractivity contribution in [2.45, 2.75) is 39.3 Å². The first-order valence-corrected chi connectivity index (χ1v) is 9.31. The Morgan fingerprint density at radius 1 is 1.19 bits per heavy atom. The smallest absolute Gasteiger partial charge is 0.163 e. The first-order chi connectivity index (χ1) is 12.9. The predicted molar refractivity (Wildman–Crippen MR) is 103 cm³/mol. The summed E-state index contributed by atoms with van der Waals surface area (Å²) in [6.07, 6.45) is 2.87. The van der Waals surface area contributed by atoms with E-state index < -0.39 is 0 Å². The Hall–Kier alpha value is -2.72. The molecule has 0 bridgehead atoms. The summed E-state index contributed by atoms with van der Waals surface area (Å²) in [5.74, 6) is 0.845. The first kappa shape index (κ1) is 17.7. The van der Waals surface area contributed by atoms with Gasteiger partial charge in [0, 0.05) is 38.3 Å². The molecule has 0 unspecified atom stereocenters. The van der Waals surface area contributed by atoms with Crippen molar-refractivity contribution in [2.24, 2.45) is 0 Å². The van der Waals surface area contributed by atoms with Crippen molar-refractivity contribution in [1.29, 1.82) is 5.26 Å². The number of aryl methyl sites for hydroxylation is 1. The summed E-state index contributed by atoms with van der Waals surface area (Å²) >= 11 is 0. The van der Waals surface area contributed by atoms with Crippen LogP contribution in [0, 0.1) is 18.3 Å². The van der Waals surface area contributed by atoms with Crippen LogP contribution < -0.4 is 9.80 Å². The van der Waals surface area contributed by atoms with E-state index in [1.807, 2.05) is 19.2 Å². The van der Waals surface area contributed by atoms with Crippen molar-refractivity contribution in [3.63, 3.8) is 0 Å². The highest BCUT2D eigenvalue weighted by Gasteiger charge is 2.28. The Balaban J connectivity index is 1.58. The van der Waals surface area contributed by atoms with Gasteiger partial charge in [-0.3, -0.25) is 4.98 Å². The summed E-state index contributed by atoms with van der Waals surface area (Å²) in [6.45, 7) is 10.3. The fraction of sp³-hybridized carbons (Fsp3) is 0.500. The summed E-state index contributed by atoms with van der Waals surface area (Å²) in [7, 11) is 0. The topological polar surface area (TPSA) is 78.2 Å². The van der Waals surface area contributed by atoms with Gasteiger partial charge in [-0.1, -0.05) is 0 Å². The van der Waals surface area contributed by atoms with Crippen LogP contribution in [0.25, 0.3) is 0 Å². The van der Waals surface area contributed by atoms with Crippen molar-refractivity contribution in [3.8, 4) is 6.07 Å². The molecule has 0 aromatic carbocycles. The summed E-state index contributed by atoms with van der Waals surface area (Å²) in [6, 6.07) is 6.09. The number of hydrogen-bond donors (Lipinski definition) is 0. The summed E-state index contributed by atoms with van der Waals surface area (Å²) in [5.41, 5.74) is 4.72. The molecular weight excluding hydrogens is 340 g/mol. The monoisotopic (exact) mass is 364 g/mol. The van der Waals surface area contributed by atoms with E-state index in [4.69, 9.17) is 15.0 Å². The van der Waals surface area contributed by atoms with Gasteiger partial charge in [-0.25, -0.2) is 0 Å². The number of rotatable bonds is 2. The third kappa shape index (κ3) is 3.58. The van der Waals surface area contributed by atoms with Gasteiger partial charge in [0.05, 0.1) is 24.1 Å². The lowest BCUT2D eigenvalue weighted by molar-refractivity contribution is -0.0277. The van der Waals surface area contributed by atoms with E-state index in [-0.39, 0.29) is 5.60 Å². The van der Waals surface area contributed by atoms with E-state index in [0.29, 0.717) is 5.69 Å². The minimum atomic E-state index is -0.143. The highest BCUT2D eigenvalue weighted by Crippen LogP contribution is 2.28. The Labute approximate surface area is 159 Å². The van der Waals surface area contributed by atoms with Crippen molar-refractivity contribution in [2.75, 3.05) is 36.0 Å². The molecule has 1 saturated heterocycles. The first-order valence-electron chi connectivity index (χ1n) is 9.31. The number of nitriles is 1. The Kier molecular flexibility index (Phi) is 4.44. The van der Waals surface area contributed by atoms with Gasteiger partial charge in [0.15, 0.2) is 11.5 Å². The van der Waals surface area contributed by atoms with Crippen LogP contribution in [0.1, 0.15) is 36.4 Å². The summed E-state index contributed by atoms with van der Waals surface area (Å²) < 4.78 is 5.83. The molecule has 4 heterocycles. The molecule has 2 aliphatic rings. The third-order valence-electron chi connectivity index (χ3n) is 5.19. The number of fused-ring (bicyclic) bond motifs is 1. The van der Waals surface area contributed by atoms with Crippen molar-refractivity contribution in [1.82, 2.24) is 15.2 Å². The number of morpholine rings is 1. The van der Waals surface area contributed by atoms with Gasteiger partial charge in [0.1, 0.15) is 6.07 Å². The van der Waals surface area contributed by atoms with E-state index in [1.54, 1.807) is 6.07 Å². The van der Waals surface area contributed by atoms with Gasteiger partial charge in [-0.15, -0.1) is 10.2 Å². The maximum Gasteiger partial charge on any atom is 0.163 e. The number of anilines is 2. The fourth-order valence-electron chi connectivity index (χ4n) is 3.85. The molecule has 1 fully saturated rings. The minimum Gasteiger partial charge on any atom is -0.372 e. The molecule has 4 rings (SSSR count). The average Bonchev–Trinajstić information content (AvgIpc) is 2.66. The Morgan fingerprint density at radius 2 is 2.04 bits per heavy atom. The molecule has 7 heteroatoms. The zero-order chi connectivity index (χ0) is 19.0. The molecule has 0 amide bonds. The second-order valence-electron chi connectivity index (χ2n) is 7.85. The zero-order valence-electron chi connectivity index (χ0n) is 16.1. The summed E-state index contributed by atoms with van der Waals surface area (Å²) in [5, 5.41) is 17.3. The van der Waals surface area contributed by atoms with Gasteiger partial charge < -0.3 is 14.5 Å². The van der Waals surface area contributed by atoms with E-state index >= 15 is 0 Å². The molecule has 7 nitrogen and oxygen atoms in total. The largest absolute Gasteiger partial charge is 0.372 e. The molecule has 0 atom stereocenters. The quantitative estimate of drug-likeness (QED) is 0.808. The predicted octanol–water partition coefficient (Wildman–Crippen LogP) is 2.23. The van der Waals surface area contributed by atoms with Crippen LogP contribution in [0.15, 0.2) is 18.3 Å². The molecule has 0 radical (unpaired) electrons. The molecule has 27 heavy (non-hydrogen) atoms. The number of aromatic nitrogens is 3. The average molecular weight is 364 g/mol. The van der Waals surface area contributed by atoms with Crippen LogP contribution >= 0.6 is 0 Å². The van der Waals surface area contributed by atoms with Crippen LogP contribution in [-0.4, -0.2) is 47.0 Å². The van der Waals surface area contributed by atoms with E-state index in [2.05, 4.69) is 39.9 Å². The third-order valence-corrected chi connectivity index (χ3v) is 5.19.